The smallest absolute Gasteiger partial charge is 0.322 e. The van der Waals surface area contributed by atoms with Crippen LogP contribution in [0.3, 0.4) is 0 Å². The van der Waals surface area contributed by atoms with E-state index in [4.69, 9.17) is 0 Å². The highest BCUT2D eigenvalue weighted by Gasteiger charge is 2.24. The summed E-state index contributed by atoms with van der Waals surface area (Å²) in [4.78, 5) is 11.0. The first kappa shape index (κ1) is 13.2. The van der Waals surface area contributed by atoms with Crippen molar-refractivity contribution in [3.63, 3.8) is 0 Å². The van der Waals surface area contributed by atoms with Gasteiger partial charge in [0.1, 0.15) is 0 Å². The molecule has 0 amide bonds. The Bertz CT molecular complexity index is 495. The van der Waals surface area contributed by atoms with Crippen LogP contribution in [0.25, 0.3) is 0 Å². The lowest BCUT2D eigenvalue weighted by molar-refractivity contribution is -0.137. The average molecular weight is 255 g/mol. The summed E-state index contributed by atoms with van der Waals surface area (Å²) >= 11 is 0. The minimum Gasteiger partial charge on any atom is -0.468 e. The van der Waals surface area contributed by atoms with Gasteiger partial charge in [-0.15, -0.1) is 0 Å². The van der Waals surface area contributed by atoms with E-state index in [1.54, 1.807) is 30.3 Å². The standard InChI is InChI=1S/C11H13NO4S/c1-3-12(10-7-5-4-6-8-10)17(14,15)9-11(13)16-2/h3-8H,1,9H2,2H3. The number of ether oxygens (including phenoxy) is 1. The Morgan fingerprint density at radius 3 is 2.47 bits per heavy atom. The monoisotopic (exact) mass is 255 g/mol. The van der Waals surface area contributed by atoms with Crippen LogP contribution in [0, 0.1) is 0 Å². The Hall–Kier alpha value is -1.82. The molecule has 1 rings (SSSR count). The molecule has 0 aliphatic heterocycles. The Balaban J connectivity index is 3.03. The highest BCUT2D eigenvalue weighted by molar-refractivity contribution is 7.93. The maximum Gasteiger partial charge on any atom is 0.322 e. The predicted octanol–water partition coefficient (Wildman–Crippen LogP) is 1.14. The van der Waals surface area contributed by atoms with Crippen LogP contribution in [0.1, 0.15) is 0 Å². The van der Waals surface area contributed by atoms with Crippen molar-refractivity contribution in [1.82, 2.24) is 0 Å². The Morgan fingerprint density at radius 2 is 2.00 bits per heavy atom. The number of methoxy groups -OCH3 is 1. The predicted molar refractivity (Wildman–Crippen MR) is 64.9 cm³/mol. The molecule has 0 fully saturated rings. The van der Waals surface area contributed by atoms with Gasteiger partial charge in [0.2, 0.25) is 10.0 Å². The van der Waals surface area contributed by atoms with Gasteiger partial charge >= 0.3 is 5.97 Å². The van der Waals surface area contributed by atoms with Crippen LogP contribution in [0.2, 0.25) is 0 Å². The van der Waals surface area contributed by atoms with Crippen molar-refractivity contribution in [2.24, 2.45) is 0 Å². The number of para-hydroxylation sites is 1. The van der Waals surface area contributed by atoms with E-state index >= 15 is 0 Å². The summed E-state index contributed by atoms with van der Waals surface area (Å²) in [5, 5.41) is 0. The first-order chi connectivity index (χ1) is 8.01. The van der Waals surface area contributed by atoms with Crippen LogP contribution in [-0.4, -0.2) is 27.2 Å². The van der Waals surface area contributed by atoms with Crippen LogP contribution in [0.4, 0.5) is 5.69 Å². The van der Waals surface area contributed by atoms with Crippen LogP contribution >= 0.6 is 0 Å². The van der Waals surface area contributed by atoms with Gasteiger partial charge in [-0.3, -0.25) is 4.79 Å². The van der Waals surface area contributed by atoms with Crippen LogP contribution in [0.5, 0.6) is 0 Å². The Kier molecular flexibility index (Phi) is 4.28. The summed E-state index contributed by atoms with van der Waals surface area (Å²) in [6, 6.07) is 8.36. The molecule has 0 aliphatic carbocycles. The second-order valence-electron chi connectivity index (χ2n) is 3.15. The fourth-order valence-electron chi connectivity index (χ4n) is 1.23. The van der Waals surface area contributed by atoms with Gasteiger partial charge in [-0.05, 0) is 12.1 Å². The normalized spacial score (nSPS) is 10.6. The molecular weight excluding hydrogens is 242 g/mol. The largest absolute Gasteiger partial charge is 0.468 e. The molecule has 1 aromatic carbocycles. The maximum absolute atomic E-state index is 11.9. The molecule has 0 spiro atoms. The zero-order valence-electron chi connectivity index (χ0n) is 9.37. The first-order valence-electron chi connectivity index (χ1n) is 4.78. The van der Waals surface area contributed by atoms with Gasteiger partial charge < -0.3 is 4.74 Å². The van der Waals surface area contributed by atoms with E-state index in [2.05, 4.69) is 11.3 Å². The number of carbonyl (C=O) groups excluding carboxylic acids is 1. The van der Waals surface area contributed by atoms with Gasteiger partial charge in [0, 0.05) is 6.20 Å². The van der Waals surface area contributed by atoms with E-state index in [9.17, 15) is 13.2 Å². The number of anilines is 1. The van der Waals surface area contributed by atoms with Gasteiger partial charge in [-0.1, -0.05) is 24.8 Å². The third-order valence-electron chi connectivity index (χ3n) is 2.00. The van der Waals surface area contributed by atoms with E-state index in [-0.39, 0.29) is 0 Å². The Labute approximate surface area is 100 Å². The van der Waals surface area contributed by atoms with Crippen LogP contribution < -0.4 is 4.31 Å². The number of carbonyl (C=O) groups is 1. The average Bonchev–Trinajstić information content (AvgIpc) is 2.30. The van der Waals surface area contributed by atoms with Crippen molar-refractivity contribution in [2.45, 2.75) is 0 Å². The third-order valence-corrected chi connectivity index (χ3v) is 3.56. The van der Waals surface area contributed by atoms with Gasteiger partial charge in [0.15, 0.2) is 5.75 Å². The number of rotatable bonds is 5. The lowest BCUT2D eigenvalue weighted by atomic mass is 10.3. The van der Waals surface area contributed by atoms with Gasteiger partial charge in [0.25, 0.3) is 0 Å². The van der Waals surface area contributed by atoms with Crippen molar-refractivity contribution in [2.75, 3.05) is 17.2 Å². The maximum atomic E-state index is 11.9. The first-order valence-corrected chi connectivity index (χ1v) is 6.38. The summed E-state index contributed by atoms with van der Waals surface area (Å²) < 4.78 is 29.1. The van der Waals surface area contributed by atoms with Crippen LogP contribution in [0.15, 0.2) is 43.1 Å². The van der Waals surface area contributed by atoms with E-state index in [0.29, 0.717) is 5.69 Å². The molecule has 6 heteroatoms. The minimum atomic E-state index is -3.80. The number of benzene rings is 1. The van der Waals surface area contributed by atoms with Crippen molar-refractivity contribution >= 4 is 21.7 Å². The minimum absolute atomic E-state index is 0.423. The number of sulfonamides is 1. The van der Waals surface area contributed by atoms with E-state index < -0.39 is 21.7 Å². The SMILES string of the molecule is C=CN(c1ccccc1)S(=O)(=O)CC(=O)OC. The zero-order valence-corrected chi connectivity index (χ0v) is 10.2. The van der Waals surface area contributed by atoms with E-state index in [1.165, 1.54) is 0 Å². The summed E-state index contributed by atoms with van der Waals surface area (Å²) in [5.74, 6) is -1.53. The lowest BCUT2D eigenvalue weighted by Crippen LogP contribution is -2.31. The van der Waals surface area contributed by atoms with E-state index in [1.807, 2.05) is 0 Å². The van der Waals surface area contributed by atoms with Gasteiger partial charge in [0.05, 0.1) is 12.8 Å². The second-order valence-corrected chi connectivity index (χ2v) is 4.99. The molecule has 0 saturated carbocycles. The molecule has 0 atom stereocenters. The molecule has 17 heavy (non-hydrogen) atoms. The molecule has 0 aliphatic rings. The summed E-state index contributed by atoms with van der Waals surface area (Å²) in [5.41, 5.74) is 0.423. The van der Waals surface area contributed by atoms with Gasteiger partial charge in [-0.25, -0.2) is 12.7 Å². The molecule has 0 bridgehead atoms. The molecular formula is C11H13NO4S. The second kappa shape index (κ2) is 5.49. The molecule has 5 nitrogen and oxygen atoms in total. The molecule has 0 N–H and O–H groups in total. The topological polar surface area (TPSA) is 63.7 Å². The third kappa shape index (κ3) is 3.32. The fourth-order valence-corrected chi connectivity index (χ4v) is 2.46. The molecule has 0 saturated heterocycles. The van der Waals surface area contributed by atoms with Gasteiger partial charge in [-0.2, -0.15) is 0 Å². The summed E-state index contributed by atoms with van der Waals surface area (Å²) in [7, 11) is -2.66. The molecule has 0 unspecified atom stereocenters. The summed E-state index contributed by atoms with van der Waals surface area (Å²) in [6.07, 6.45) is 1.15. The number of hydrogen-bond donors (Lipinski definition) is 0. The highest BCUT2D eigenvalue weighted by atomic mass is 32.2. The molecule has 0 heterocycles. The van der Waals surface area contributed by atoms with Crippen LogP contribution in [-0.2, 0) is 19.6 Å². The highest BCUT2D eigenvalue weighted by Crippen LogP contribution is 2.17. The van der Waals surface area contributed by atoms with E-state index in [0.717, 1.165) is 17.6 Å². The fraction of sp³-hybridized carbons (Fsp3) is 0.182. The lowest BCUT2D eigenvalue weighted by Gasteiger charge is -2.19. The summed E-state index contributed by atoms with van der Waals surface area (Å²) in [6.45, 7) is 3.43. The number of hydrogen-bond acceptors (Lipinski definition) is 4. The molecule has 92 valence electrons. The van der Waals surface area contributed by atoms with Crippen molar-refractivity contribution < 1.29 is 17.9 Å². The molecule has 0 radical (unpaired) electrons. The van der Waals surface area contributed by atoms with Crippen molar-refractivity contribution in [3.8, 4) is 0 Å². The zero-order chi connectivity index (χ0) is 12.9. The van der Waals surface area contributed by atoms with Crippen molar-refractivity contribution in [3.05, 3.63) is 43.1 Å². The Morgan fingerprint density at radius 1 is 1.41 bits per heavy atom. The molecule has 1 aromatic rings. The quantitative estimate of drug-likeness (QED) is 0.740. The number of esters is 1. The van der Waals surface area contributed by atoms with Crippen molar-refractivity contribution in [1.29, 1.82) is 0 Å². The molecule has 0 aromatic heterocycles. The number of nitrogens with zero attached hydrogens (tertiary/aromatic N) is 1.